The van der Waals surface area contributed by atoms with Gasteiger partial charge in [-0.2, -0.15) is 0 Å². The van der Waals surface area contributed by atoms with E-state index < -0.39 is 0 Å². The second-order valence-electron chi connectivity index (χ2n) is 6.17. The van der Waals surface area contributed by atoms with Crippen LogP contribution in [0.25, 0.3) is 0 Å². The van der Waals surface area contributed by atoms with Crippen molar-refractivity contribution in [2.75, 3.05) is 19.8 Å². The van der Waals surface area contributed by atoms with E-state index in [2.05, 4.69) is 10.3 Å². The van der Waals surface area contributed by atoms with Gasteiger partial charge in [0, 0.05) is 23.9 Å². The van der Waals surface area contributed by atoms with E-state index in [4.69, 9.17) is 10.5 Å². The SMILES string of the molecule is Cl.Cl.NCCc1ccc(C(=O)N[C@H]2COC[C@H]2Cc2ccncc2)cc1. The van der Waals surface area contributed by atoms with Gasteiger partial charge in [0.15, 0.2) is 0 Å². The van der Waals surface area contributed by atoms with Gasteiger partial charge in [-0.25, -0.2) is 0 Å². The van der Waals surface area contributed by atoms with Crippen molar-refractivity contribution >= 4 is 30.7 Å². The van der Waals surface area contributed by atoms with Crippen LogP contribution in [-0.2, 0) is 17.6 Å². The Hall–Kier alpha value is -1.66. The number of hydrogen-bond donors (Lipinski definition) is 2. The minimum Gasteiger partial charge on any atom is -0.379 e. The van der Waals surface area contributed by atoms with Gasteiger partial charge in [-0.05, 0) is 54.8 Å². The average molecular weight is 398 g/mol. The van der Waals surface area contributed by atoms with Gasteiger partial charge in [-0.1, -0.05) is 12.1 Å². The Morgan fingerprint density at radius 2 is 1.77 bits per heavy atom. The topological polar surface area (TPSA) is 77.2 Å². The fourth-order valence-corrected chi connectivity index (χ4v) is 3.02. The second-order valence-corrected chi connectivity index (χ2v) is 6.17. The Balaban J connectivity index is 0.00000169. The van der Waals surface area contributed by atoms with Crippen molar-refractivity contribution in [1.29, 1.82) is 0 Å². The van der Waals surface area contributed by atoms with E-state index in [1.807, 2.05) is 36.4 Å². The zero-order valence-corrected chi connectivity index (χ0v) is 16.1. The molecule has 142 valence electrons. The molecule has 0 bridgehead atoms. The van der Waals surface area contributed by atoms with E-state index in [1.54, 1.807) is 12.4 Å². The summed E-state index contributed by atoms with van der Waals surface area (Å²) in [5, 5.41) is 3.11. The first-order valence-corrected chi connectivity index (χ1v) is 8.33. The maximum absolute atomic E-state index is 12.5. The molecule has 1 fully saturated rings. The molecule has 3 N–H and O–H groups in total. The van der Waals surface area contributed by atoms with Crippen LogP contribution in [0.15, 0.2) is 48.8 Å². The third-order valence-electron chi connectivity index (χ3n) is 4.41. The Labute approximate surface area is 166 Å². The van der Waals surface area contributed by atoms with Crippen LogP contribution < -0.4 is 11.1 Å². The van der Waals surface area contributed by atoms with Gasteiger partial charge in [-0.3, -0.25) is 9.78 Å². The molecular formula is C19H25Cl2N3O2. The third-order valence-corrected chi connectivity index (χ3v) is 4.41. The van der Waals surface area contributed by atoms with Gasteiger partial charge in [-0.15, -0.1) is 24.8 Å². The molecule has 1 amide bonds. The number of aromatic nitrogens is 1. The van der Waals surface area contributed by atoms with E-state index in [0.29, 0.717) is 25.3 Å². The first-order chi connectivity index (χ1) is 11.8. The van der Waals surface area contributed by atoms with Crippen molar-refractivity contribution in [1.82, 2.24) is 10.3 Å². The highest BCUT2D eigenvalue weighted by Gasteiger charge is 2.29. The van der Waals surface area contributed by atoms with E-state index in [-0.39, 0.29) is 42.7 Å². The number of nitrogens with zero attached hydrogens (tertiary/aromatic N) is 1. The molecule has 0 unspecified atom stereocenters. The maximum Gasteiger partial charge on any atom is 0.251 e. The van der Waals surface area contributed by atoms with Crippen LogP contribution in [0.4, 0.5) is 0 Å². The maximum atomic E-state index is 12.5. The van der Waals surface area contributed by atoms with Gasteiger partial charge in [0.2, 0.25) is 0 Å². The summed E-state index contributed by atoms with van der Waals surface area (Å²) in [4.78, 5) is 16.5. The van der Waals surface area contributed by atoms with E-state index in [9.17, 15) is 4.79 Å². The lowest BCUT2D eigenvalue weighted by molar-refractivity contribution is 0.0925. The number of pyridine rings is 1. The summed E-state index contributed by atoms with van der Waals surface area (Å²) in [6, 6.07) is 11.7. The molecule has 1 aliphatic rings. The number of rotatable bonds is 6. The lowest BCUT2D eigenvalue weighted by Crippen LogP contribution is -2.40. The molecule has 26 heavy (non-hydrogen) atoms. The lowest BCUT2D eigenvalue weighted by Gasteiger charge is -2.19. The van der Waals surface area contributed by atoms with Gasteiger partial charge in [0.25, 0.3) is 5.91 Å². The molecule has 2 atom stereocenters. The number of nitrogens with one attached hydrogen (secondary N) is 1. The standard InChI is InChI=1S/C19H23N3O2.2ClH/c20-8-5-14-1-3-16(4-2-14)19(23)22-18-13-24-12-17(18)11-15-6-9-21-10-7-15;;/h1-4,6-7,9-10,17-18H,5,8,11-13,20H2,(H,22,23);2*1H/t17-,18+;;/m1../s1. The minimum atomic E-state index is -0.0514. The molecule has 7 heteroatoms. The van der Waals surface area contributed by atoms with Gasteiger partial charge in [0.1, 0.15) is 0 Å². The van der Waals surface area contributed by atoms with Crippen LogP contribution in [0, 0.1) is 5.92 Å². The molecular weight excluding hydrogens is 373 g/mol. The lowest BCUT2D eigenvalue weighted by atomic mass is 9.95. The zero-order valence-electron chi connectivity index (χ0n) is 14.5. The zero-order chi connectivity index (χ0) is 16.8. The fourth-order valence-electron chi connectivity index (χ4n) is 3.02. The molecule has 0 aliphatic carbocycles. The van der Waals surface area contributed by atoms with E-state index in [1.165, 1.54) is 5.56 Å². The van der Waals surface area contributed by atoms with Crippen LogP contribution in [0.1, 0.15) is 21.5 Å². The Morgan fingerprint density at radius 3 is 2.42 bits per heavy atom. The monoisotopic (exact) mass is 397 g/mol. The predicted octanol–water partition coefficient (Wildman–Crippen LogP) is 2.41. The first-order valence-electron chi connectivity index (χ1n) is 8.33. The smallest absolute Gasteiger partial charge is 0.251 e. The Morgan fingerprint density at radius 1 is 1.08 bits per heavy atom. The molecule has 0 saturated carbocycles. The first kappa shape index (κ1) is 22.4. The number of amides is 1. The van der Waals surface area contributed by atoms with Crippen LogP contribution in [0.2, 0.25) is 0 Å². The van der Waals surface area contributed by atoms with E-state index >= 15 is 0 Å². The molecule has 2 aromatic rings. The molecule has 2 heterocycles. The summed E-state index contributed by atoms with van der Waals surface area (Å²) < 4.78 is 5.59. The highest BCUT2D eigenvalue weighted by molar-refractivity contribution is 5.94. The largest absolute Gasteiger partial charge is 0.379 e. The second kappa shape index (κ2) is 11.1. The molecule has 3 rings (SSSR count). The summed E-state index contributed by atoms with van der Waals surface area (Å²) in [7, 11) is 0. The number of halogens is 2. The predicted molar refractivity (Wildman–Crippen MR) is 107 cm³/mol. The third kappa shape index (κ3) is 5.95. The number of carbonyl (C=O) groups is 1. The van der Waals surface area contributed by atoms with E-state index in [0.717, 1.165) is 18.4 Å². The van der Waals surface area contributed by atoms with Crippen LogP contribution in [-0.4, -0.2) is 36.7 Å². The number of carbonyl (C=O) groups excluding carboxylic acids is 1. The molecule has 1 aromatic carbocycles. The summed E-state index contributed by atoms with van der Waals surface area (Å²) in [5.41, 5.74) is 8.58. The van der Waals surface area contributed by atoms with Crippen molar-refractivity contribution in [3.05, 3.63) is 65.5 Å². The highest BCUT2D eigenvalue weighted by atomic mass is 35.5. The van der Waals surface area contributed by atoms with Gasteiger partial charge in [0.05, 0.1) is 19.3 Å². The number of benzene rings is 1. The molecule has 0 radical (unpaired) electrons. The quantitative estimate of drug-likeness (QED) is 0.784. The molecule has 1 aliphatic heterocycles. The van der Waals surface area contributed by atoms with Crippen LogP contribution >= 0.6 is 24.8 Å². The van der Waals surface area contributed by atoms with Crippen molar-refractivity contribution in [3.63, 3.8) is 0 Å². The van der Waals surface area contributed by atoms with Gasteiger partial charge < -0.3 is 15.8 Å². The fraction of sp³-hybridized carbons (Fsp3) is 0.368. The average Bonchev–Trinajstić information content (AvgIpc) is 3.03. The van der Waals surface area contributed by atoms with Crippen molar-refractivity contribution < 1.29 is 9.53 Å². The molecule has 0 spiro atoms. The molecule has 1 saturated heterocycles. The van der Waals surface area contributed by atoms with Crippen LogP contribution in [0.5, 0.6) is 0 Å². The summed E-state index contributed by atoms with van der Waals surface area (Å²) >= 11 is 0. The molecule has 1 aromatic heterocycles. The number of nitrogens with two attached hydrogens (primary N) is 1. The van der Waals surface area contributed by atoms with Crippen LogP contribution in [0.3, 0.4) is 0 Å². The van der Waals surface area contributed by atoms with Crippen molar-refractivity contribution in [2.24, 2.45) is 11.7 Å². The number of hydrogen-bond acceptors (Lipinski definition) is 4. The van der Waals surface area contributed by atoms with Crippen molar-refractivity contribution in [3.8, 4) is 0 Å². The highest BCUT2D eigenvalue weighted by Crippen LogP contribution is 2.19. The van der Waals surface area contributed by atoms with Gasteiger partial charge >= 0.3 is 0 Å². The Kier molecular flexibility index (Phi) is 9.59. The normalized spacial score (nSPS) is 18.5. The Bertz CT molecular complexity index is 668. The minimum absolute atomic E-state index is 0. The summed E-state index contributed by atoms with van der Waals surface area (Å²) in [5.74, 6) is 0.234. The summed E-state index contributed by atoms with van der Waals surface area (Å²) in [6.45, 7) is 1.84. The summed E-state index contributed by atoms with van der Waals surface area (Å²) in [6.07, 6.45) is 5.29. The molecule has 5 nitrogen and oxygen atoms in total. The number of ether oxygens (including phenoxy) is 1. The van der Waals surface area contributed by atoms with Crippen molar-refractivity contribution in [2.45, 2.75) is 18.9 Å².